The molecule has 2 rings (SSSR count). The second-order valence-corrected chi connectivity index (χ2v) is 4.25. The molecule has 3 nitrogen and oxygen atoms in total. The van der Waals surface area contributed by atoms with Crippen molar-refractivity contribution in [3.63, 3.8) is 0 Å². The number of rotatable bonds is 3. The fourth-order valence-electron chi connectivity index (χ4n) is 1.86. The van der Waals surface area contributed by atoms with Gasteiger partial charge in [0.25, 0.3) is 0 Å². The summed E-state index contributed by atoms with van der Waals surface area (Å²) >= 11 is 0. The van der Waals surface area contributed by atoms with Crippen LogP contribution in [0.3, 0.4) is 0 Å². The highest BCUT2D eigenvalue weighted by atomic mass is 19.3. The maximum atomic E-state index is 12.6. The van der Waals surface area contributed by atoms with Crippen LogP contribution in [0.4, 0.5) is 14.5 Å². The Morgan fingerprint density at radius 1 is 1.53 bits per heavy atom. The van der Waals surface area contributed by atoms with Crippen LogP contribution in [0.15, 0.2) is 18.3 Å². The quantitative estimate of drug-likeness (QED) is 0.883. The molecule has 1 aliphatic carbocycles. The van der Waals surface area contributed by atoms with Gasteiger partial charge in [0.1, 0.15) is 0 Å². The average molecular weight is 240 g/mol. The summed E-state index contributed by atoms with van der Waals surface area (Å²) in [5.41, 5.74) is 6.84. The third-order valence-corrected chi connectivity index (χ3v) is 2.76. The molecule has 0 amide bonds. The number of nitrogen functional groups attached to an aromatic ring is 1. The fourth-order valence-corrected chi connectivity index (χ4v) is 1.86. The molecule has 1 saturated carbocycles. The Morgan fingerprint density at radius 2 is 2.24 bits per heavy atom. The van der Waals surface area contributed by atoms with E-state index in [1.165, 1.54) is 13.3 Å². The van der Waals surface area contributed by atoms with Gasteiger partial charge in [-0.05, 0) is 12.0 Å². The lowest BCUT2D eigenvalue weighted by Crippen LogP contribution is -2.33. The molecular formula is C12H14F2N2O. The number of aromatic nitrogens is 1. The zero-order valence-electron chi connectivity index (χ0n) is 9.49. The minimum Gasteiger partial charge on any atom is -0.481 e. The average Bonchev–Trinajstić information content (AvgIpc) is 2.23. The highest BCUT2D eigenvalue weighted by Crippen LogP contribution is 2.43. The van der Waals surface area contributed by atoms with Crippen molar-refractivity contribution in [3.8, 4) is 5.88 Å². The standard InChI is InChI=1S/C12H14F2N2O/c1-17-11-9(4-10(15)7-16-11)3-2-8-5-12(13,14)6-8/h2-4,7-8H,5-6,15H2,1H3. The minimum absolute atomic E-state index is 0.0730. The molecule has 0 radical (unpaired) electrons. The summed E-state index contributed by atoms with van der Waals surface area (Å²) in [7, 11) is 1.51. The van der Waals surface area contributed by atoms with Crippen LogP contribution in [0.25, 0.3) is 6.08 Å². The molecule has 0 atom stereocenters. The first kappa shape index (κ1) is 11.8. The molecule has 0 aromatic carbocycles. The number of halogens is 2. The predicted octanol–water partition coefficient (Wildman–Crippen LogP) is 2.73. The Labute approximate surface area is 98.3 Å². The molecule has 0 saturated heterocycles. The van der Waals surface area contributed by atoms with Crippen molar-refractivity contribution in [2.24, 2.45) is 5.92 Å². The summed E-state index contributed by atoms with van der Waals surface area (Å²) in [5.74, 6) is -2.12. The third kappa shape index (κ3) is 2.72. The molecule has 1 heterocycles. The number of pyridine rings is 1. The van der Waals surface area contributed by atoms with Crippen LogP contribution in [0.2, 0.25) is 0 Å². The van der Waals surface area contributed by atoms with E-state index < -0.39 is 5.92 Å². The second-order valence-electron chi connectivity index (χ2n) is 4.25. The topological polar surface area (TPSA) is 48.1 Å². The van der Waals surface area contributed by atoms with Gasteiger partial charge in [-0.1, -0.05) is 12.2 Å². The van der Waals surface area contributed by atoms with Gasteiger partial charge in [0.15, 0.2) is 0 Å². The molecule has 1 fully saturated rings. The van der Waals surface area contributed by atoms with Crippen molar-refractivity contribution < 1.29 is 13.5 Å². The Morgan fingerprint density at radius 3 is 2.82 bits per heavy atom. The summed E-state index contributed by atoms with van der Waals surface area (Å²) < 4.78 is 30.3. The molecular weight excluding hydrogens is 226 g/mol. The lowest BCUT2D eigenvalue weighted by molar-refractivity contribution is -0.0960. The van der Waals surface area contributed by atoms with E-state index in [4.69, 9.17) is 10.5 Å². The van der Waals surface area contributed by atoms with Gasteiger partial charge in [0, 0.05) is 18.4 Å². The van der Waals surface area contributed by atoms with Crippen molar-refractivity contribution in [1.29, 1.82) is 0 Å². The molecule has 0 spiro atoms. The Balaban J connectivity index is 2.08. The lowest BCUT2D eigenvalue weighted by atomic mass is 9.81. The van der Waals surface area contributed by atoms with Crippen LogP contribution < -0.4 is 10.5 Å². The van der Waals surface area contributed by atoms with E-state index in [2.05, 4.69) is 4.98 Å². The summed E-state index contributed by atoms with van der Waals surface area (Å²) in [6, 6.07) is 1.71. The van der Waals surface area contributed by atoms with Gasteiger partial charge in [0.2, 0.25) is 11.8 Å². The number of nitrogens with two attached hydrogens (primary N) is 1. The van der Waals surface area contributed by atoms with Gasteiger partial charge in [-0.15, -0.1) is 0 Å². The summed E-state index contributed by atoms with van der Waals surface area (Å²) in [4.78, 5) is 4.00. The number of allylic oxidation sites excluding steroid dienone is 1. The van der Waals surface area contributed by atoms with Gasteiger partial charge in [-0.2, -0.15) is 0 Å². The molecule has 92 valence electrons. The van der Waals surface area contributed by atoms with E-state index in [0.29, 0.717) is 17.1 Å². The van der Waals surface area contributed by atoms with Crippen molar-refractivity contribution in [1.82, 2.24) is 4.98 Å². The first-order valence-corrected chi connectivity index (χ1v) is 5.36. The first-order chi connectivity index (χ1) is 8.00. The fraction of sp³-hybridized carbons (Fsp3) is 0.417. The monoisotopic (exact) mass is 240 g/mol. The number of anilines is 1. The van der Waals surface area contributed by atoms with Gasteiger partial charge in [-0.25, -0.2) is 13.8 Å². The molecule has 0 aliphatic heterocycles. The summed E-state index contributed by atoms with van der Waals surface area (Å²) in [5, 5.41) is 0. The molecule has 5 heteroatoms. The zero-order valence-corrected chi connectivity index (χ0v) is 9.49. The Bertz CT molecular complexity index is 438. The SMILES string of the molecule is COc1ncc(N)cc1C=CC1CC(F)(F)C1. The number of hydrogen-bond donors (Lipinski definition) is 1. The Kier molecular flexibility index (Phi) is 3.00. The van der Waals surface area contributed by atoms with Gasteiger partial charge >= 0.3 is 0 Å². The zero-order chi connectivity index (χ0) is 12.5. The highest BCUT2D eigenvalue weighted by Gasteiger charge is 2.43. The van der Waals surface area contributed by atoms with Crippen molar-refractivity contribution in [2.75, 3.05) is 12.8 Å². The van der Waals surface area contributed by atoms with E-state index in [1.807, 2.05) is 0 Å². The molecule has 1 aromatic heterocycles. The van der Waals surface area contributed by atoms with E-state index in [-0.39, 0.29) is 18.8 Å². The van der Waals surface area contributed by atoms with Gasteiger partial charge < -0.3 is 10.5 Å². The normalized spacial score (nSPS) is 19.2. The Hall–Kier alpha value is -1.65. The van der Waals surface area contributed by atoms with Crippen LogP contribution in [-0.2, 0) is 0 Å². The maximum absolute atomic E-state index is 12.6. The van der Waals surface area contributed by atoms with Crippen LogP contribution >= 0.6 is 0 Å². The predicted molar refractivity (Wildman–Crippen MR) is 61.9 cm³/mol. The molecule has 1 aliphatic rings. The summed E-state index contributed by atoms with van der Waals surface area (Å²) in [6.45, 7) is 0. The van der Waals surface area contributed by atoms with Gasteiger partial charge in [-0.3, -0.25) is 0 Å². The largest absolute Gasteiger partial charge is 0.481 e. The third-order valence-electron chi connectivity index (χ3n) is 2.76. The van der Waals surface area contributed by atoms with Crippen LogP contribution in [0.5, 0.6) is 5.88 Å². The van der Waals surface area contributed by atoms with Crippen molar-refractivity contribution in [3.05, 3.63) is 23.9 Å². The molecule has 17 heavy (non-hydrogen) atoms. The first-order valence-electron chi connectivity index (χ1n) is 5.36. The molecule has 0 unspecified atom stereocenters. The second kappa shape index (κ2) is 4.31. The highest BCUT2D eigenvalue weighted by molar-refractivity contribution is 5.59. The molecule has 1 aromatic rings. The van der Waals surface area contributed by atoms with Crippen molar-refractivity contribution in [2.45, 2.75) is 18.8 Å². The van der Waals surface area contributed by atoms with Crippen molar-refractivity contribution >= 4 is 11.8 Å². The number of methoxy groups -OCH3 is 1. The number of nitrogens with zero attached hydrogens (tertiary/aromatic N) is 1. The van der Waals surface area contributed by atoms with Crippen LogP contribution in [0.1, 0.15) is 18.4 Å². The maximum Gasteiger partial charge on any atom is 0.249 e. The van der Waals surface area contributed by atoms with E-state index in [9.17, 15) is 8.78 Å². The molecule has 2 N–H and O–H groups in total. The number of ether oxygens (including phenoxy) is 1. The van der Waals surface area contributed by atoms with Gasteiger partial charge in [0.05, 0.1) is 19.0 Å². The van der Waals surface area contributed by atoms with E-state index >= 15 is 0 Å². The minimum atomic E-state index is -2.49. The molecule has 0 bridgehead atoms. The summed E-state index contributed by atoms with van der Waals surface area (Å²) in [6.07, 6.45) is 4.83. The lowest BCUT2D eigenvalue weighted by Gasteiger charge is -2.32. The van der Waals surface area contributed by atoms with E-state index in [1.54, 1.807) is 18.2 Å². The smallest absolute Gasteiger partial charge is 0.249 e. The van der Waals surface area contributed by atoms with Crippen LogP contribution in [0, 0.1) is 5.92 Å². The number of hydrogen-bond acceptors (Lipinski definition) is 3. The van der Waals surface area contributed by atoms with Crippen LogP contribution in [-0.4, -0.2) is 18.0 Å². The van der Waals surface area contributed by atoms with E-state index in [0.717, 1.165) is 0 Å². The number of alkyl halides is 2.